The van der Waals surface area contributed by atoms with Crippen LogP contribution in [0.3, 0.4) is 0 Å². The van der Waals surface area contributed by atoms with Crippen LogP contribution < -0.4 is 24.8 Å². The van der Waals surface area contributed by atoms with Crippen LogP contribution in [0.2, 0.25) is 0 Å². The van der Waals surface area contributed by atoms with Crippen molar-refractivity contribution in [2.45, 2.75) is 37.1 Å². The van der Waals surface area contributed by atoms with Crippen molar-refractivity contribution in [3.63, 3.8) is 0 Å². The molecule has 1 aliphatic rings. The predicted octanol–water partition coefficient (Wildman–Crippen LogP) is 5.45. The van der Waals surface area contributed by atoms with Gasteiger partial charge in [-0.15, -0.1) is 0 Å². The van der Waals surface area contributed by atoms with Crippen LogP contribution in [0.4, 0.5) is 17.6 Å². The van der Waals surface area contributed by atoms with Crippen molar-refractivity contribution in [1.82, 2.24) is 15.6 Å². The number of alkyl halides is 3. The third kappa shape index (κ3) is 7.48. The van der Waals surface area contributed by atoms with Crippen LogP contribution in [0.1, 0.15) is 47.1 Å². The fraction of sp³-hybridized carbons (Fsp3) is 0.333. The zero-order valence-electron chi connectivity index (χ0n) is 27.1. The van der Waals surface area contributed by atoms with E-state index in [0.717, 1.165) is 17.7 Å². The first-order chi connectivity index (χ1) is 23.3. The van der Waals surface area contributed by atoms with E-state index in [4.69, 9.17) is 19.3 Å². The Morgan fingerprint density at radius 2 is 1.78 bits per heavy atom. The number of hydrogen-bond donors (Lipinski definition) is 4. The molecule has 13 heteroatoms. The Labute approximate surface area is 280 Å². The summed E-state index contributed by atoms with van der Waals surface area (Å²) in [6, 6.07) is 19.7. The van der Waals surface area contributed by atoms with Gasteiger partial charge in [-0.1, -0.05) is 37.3 Å². The Kier molecular flexibility index (Phi) is 10.5. The number of pyridine rings is 1. The number of aliphatic hydroxyl groups excluding tert-OH is 1. The van der Waals surface area contributed by atoms with Gasteiger partial charge in [-0.05, 0) is 61.0 Å². The lowest BCUT2D eigenvalue weighted by Gasteiger charge is -2.32. The van der Waals surface area contributed by atoms with E-state index in [-0.39, 0.29) is 59.9 Å². The summed E-state index contributed by atoms with van der Waals surface area (Å²) in [7, 11) is 1.32. The number of hydrogen-bond acceptors (Lipinski definition) is 8. The Morgan fingerprint density at radius 1 is 1.06 bits per heavy atom. The van der Waals surface area contributed by atoms with Crippen LogP contribution in [0.25, 0.3) is 11.3 Å². The van der Waals surface area contributed by atoms with E-state index < -0.39 is 41.2 Å². The summed E-state index contributed by atoms with van der Waals surface area (Å²) in [6.45, 7) is 2.59. The molecule has 4 N–H and O–H groups in total. The Hall–Kier alpha value is -4.72. The molecule has 1 amide bonds. The van der Waals surface area contributed by atoms with Crippen molar-refractivity contribution in [2.24, 2.45) is 0 Å². The zero-order valence-corrected chi connectivity index (χ0v) is 27.1. The summed E-state index contributed by atoms with van der Waals surface area (Å²) in [4.78, 5) is 17.4. The normalized spacial score (nSPS) is 17.4. The number of methoxy groups -OCH3 is 1. The summed E-state index contributed by atoms with van der Waals surface area (Å²) in [5.74, 6) is -0.932. The molecule has 260 valence electrons. The minimum atomic E-state index is -5.29. The molecule has 0 saturated carbocycles. The Balaban J connectivity index is 1.51. The molecule has 1 aromatic heterocycles. The van der Waals surface area contributed by atoms with Gasteiger partial charge in [0.25, 0.3) is 5.91 Å². The maximum absolute atomic E-state index is 14.9. The van der Waals surface area contributed by atoms with Crippen molar-refractivity contribution >= 4 is 5.91 Å². The largest absolute Gasteiger partial charge is 0.493 e. The lowest BCUT2D eigenvalue weighted by molar-refractivity contribution is -0.265. The van der Waals surface area contributed by atoms with E-state index in [0.29, 0.717) is 12.1 Å². The van der Waals surface area contributed by atoms with Gasteiger partial charge in [-0.25, -0.2) is 9.37 Å². The molecule has 0 unspecified atom stereocenters. The van der Waals surface area contributed by atoms with Crippen molar-refractivity contribution < 1.29 is 46.8 Å². The summed E-state index contributed by atoms with van der Waals surface area (Å²) < 4.78 is 75.2. The second-order valence-corrected chi connectivity index (χ2v) is 12.1. The molecule has 2 heterocycles. The van der Waals surface area contributed by atoms with E-state index in [1.165, 1.54) is 43.5 Å². The summed E-state index contributed by atoms with van der Waals surface area (Å²) in [6.07, 6.45) is -5.29. The molecule has 3 aromatic carbocycles. The fourth-order valence-electron chi connectivity index (χ4n) is 5.57. The highest BCUT2D eigenvalue weighted by Crippen LogP contribution is 2.48. The molecule has 0 fully saturated rings. The fourth-order valence-corrected chi connectivity index (χ4v) is 5.57. The number of nitrogens with zero attached hydrogens (tertiary/aromatic N) is 1. The standard InChI is InChI=1S/C36H37F4N3O6/c1-22(23-7-5-4-6-8-23)41-19-34(2)21-49-32-27(34)18-30(43-31(32)24-9-12-26(37)13-10-24)35(46,36(38,39)40)20-42-33(45)25-11-14-28(48-16-15-44)29(17-25)47-3/h4-14,17-18,22,41,44,46H,15-16,19-21H2,1-3H3,(H,42,45)/t22-,34-,35-/m0/s1. The third-order valence-corrected chi connectivity index (χ3v) is 8.55. The first-order valence-electron chi connectivity index (χ1n) is 15.5. The predicted molar refractivity (Wildman–Crippen MR) is 173 cm³/mol. The lowest BCUT2D eigenvalue weighted by Crippen LogP contribution is -2.51. The second kappa shape index (κ2) is 14.4. The molecule has 0 aliphatic carbocycles. The Bertz CT molecular complexity index is 1770. The SMILES string of the molecule is COc1cc(C(=O)NC[C@](O)(c2cc3c(c(-c4ccc(F)cc4)n2)OC[C@]3(C)CN[C@@H](C)c2ccccc2)C(F)(F)F)ccc1OCCO. The molecule has 49 heavy (non-hydrogen) atoms. The van der Waals surface area contributed by atoms with Crippen LogP contribution in [0.15, 0.2) is 78.9 Å². The maximum Gasteiger partial charge on any atom is 0.424 e. The summed E-state index contributed by atoms with van der Waals surface area (Å²) in [5.41, 5.74) is -3.70. The highest BCUT2D eigenvalue weighted by atomic mass is 19.4. The first-order valence-corrected chi connectivity index (χ1v) is 15.5. The molecule has 0 saturated heterocycles. The maximum atomic E-state index is 14.9. The van der Waals surface area contributed by atoms with Gasteiger partial charge in [-0.2, -0.15) is 13.2 Å². The van der Waals surface area contributed by atoms with Gasteiger partial charge in [0.1, 0.15) is 23.9 Å². The second-order valence-electron chi connectivity index (χ2n) is 12.1. The number of carbonyl (C=O) groups excluding carboxylic acids is 1. The van der Waals surface area contributed by atoms with Crippen molar-refractivity contribution in [2.75, 3.05) is 40.0 Å². The van der Waals surface area contributed by atoms with Gasteiger partial charge in [0.15, 0.2) is 11.5 Å². The molecule has 1 aliphatic heterocycles. The minimum absolute atomic E-state index is 0.00969. The van der Waals surface area contributed by atoms with E-state index in [9.17, 15) is 27.5 Å². The van der Waals surface area contributed by atoms with Gasteiger partial charge >= 0.3 is 6.18 Å². The third-order valence-electron chi connectivity index (χ3n) is 8.55. The van der Waals surface area contributed by atoms with Crippen LogP contribution in [-0.4, -0.2) is 67.3 Å². The van der Waals surface area contributed by atoms with Crippen molar-refractivity contribution in [3.05, 3.63) is 107 Å². The molecule has 0 spiro atoms. The minimum Gasteiger partial charge on any atom is -0.493 e. The molecule has 3 atom stereocenters. The van der Waals surface area contributed by atoms with Crippen molar-refractivity contribution in [1.29, 1.82) is 0 Å². The summed E-state index contributed by atoms with van der Waals surface area (Å²) >= 11 is 0. The molecule has 0 bridgehead atoms. The topological polar surface area (TPSA) is 122 Å². The van der Waals surface area contributed by atoms with Gasteiger partial charge in [0, 0.05) is 34.7 Å². The zero-order chi connectivity index (χ0) is 35.4. The molecule has 0 radical (unpaired) electrons. The molecule has 5 rings (SSSR count). The average Bonchev–Trinajstić information content (AvgIpc) is 3.44. The number of fused-ring (bicyclic) bond motifs is 1. The summed E-state index contributed by atoms with van der Waals surface area (Å²) in [5, 5.41) is 26.1. The monoisotopic (exact) mass is 683 g/mol. The number of rotatable bonds is 13. The van der Waals surface area contributed by atoms with Crippen LogP contribution >= 0.6 is 0 Å². The van der Waals surface area contributed by atoms with Gasteiger partial charge < -0.3 is 35.1 Å². The number of aliphatic hydroxyl groups is 2. The number of nitrogens with one attached hydrogen (secondary N) is 2. The van der Waals surface area contributed by atoms with Crippen LogP contribution in [-0.2, 0) is 11.0 Å². The quantitative estimate of drug-likeness (QED) is 0.137. The van der Waals surface area contributed by atoms with E-state index in [2.05, 4.69) is 15.6 Å². The Morgan fingerprint density at radius 3 is 2.43 bits per heavy atom. The number of ether oxygens (including phenoxy) is 3. The van der Waals surface area contributed by atoms with Gasteiger partial charge in [0.2, 0.25) is 5.60 Å². The highest BCUT2D eigenvalue weighted by molar-refractivity contribution is 5.95. The highest BCUT2D eigenvalue weighted by Gasteiger charge is 2.57. The van der Waals surface area contributed by atoms with Crippen LogP contribution in [0.5, 0.6) is 17.2 Å². The molecular formula is C36H37F4N3O6. The van der Waals surface area contributed by atoms with Crippen molar-refractivity contribution in [3.8, 4) is 28.5 Å². The number of carbonyl (C=O) groups is 1. The molecule has 9 nitrogen and oxygen atoms in total. The van der Waals surface area contributed by atoms with Gasteiger partial charge in [-0.3, -0.25) is 4.79 Å². The van der Waals surface area contributed by atoms with Crippen LogP contribution in [0, 0.1) is 5.82 Å². The number of halogens is 4. The molecule has 4 aromatic rings. The lowest BCUT2D eigenvalue weighted by atomic mass is 9.82. The van der Waals surface area contributed by atoms with Gasteiger partial charge in [0.05, 0.1) is 32.6 Å². The number of benzene rings is 3. The van der Waals surface area contributed by atoms with E-state index in [1.54, 1.807) is 0 Å². The average molecular weight is 684 g/mol. The number of aromatic nitrogens is 1. The smallest absolute Gasteiger partial charge is 0.424 e. The molecular weight excluding hydrogens is 646 g/mol. The first kappa shape index (κ1) is 35.6. The number of amides is 1. The van der Waals surface area contributed by atoms with E-state index >= 15 is 0 Å². The van der Waals surface area contributed by atoms with E-state index in [1.807, 2.05) is 44.2 Å².